The van der Waals surface area contributed by atoms with Crippen molar-refractivity contribution in [2.24, 2.45) is 0 Å². The third kappa shape index (κ3) is 2.96. The Labute approximate surface area is 84.1 Å². The summed E-state index contributed by atoms with van der Waals surface area (Å²) in [6.07, 6.45) is 2.27. The smallest absolute Gasteiger partial charge is 0.230 e. The highest BCUT2D eigenvalue weighted by Crippen LogP contribution is 2.21. The Morgan fingerprint density at radius 2 is 2.62 bits per heavy atom. The van der Waals surface area contributed by atoms with Gasteiger partial charge in [0.15, 0.2) is 4.34 Å². The van der Waals surface area contributed by atoms with Gasteiger partial charge in [-0.3, -0.25) is 4.79 Å². The Kier molecular flexibility index (Phi) is 2.80. The lowest BCUT2D eigenvalue weighted by Crippen LogP contribution is -2.26. The zero-order chi connectivity index (χ0) is 9.10. The number of carbonyl (C=O) groups excluding carboxylic acids is 1. The molecule has 4 nitrogen and oxygen atoms in total. The molecule has 13 heavy (non-hydrogen) atoms. The van der Waals surface area contributed by atoms with Gasteiger partial charge in [-0.25, -0.2) is 0 Å². The molecular formula is C7H9N3OS2. The lowest BCUT2D eigenvalue weighted by Gasteiger charge is -1.99. The minimum atomic E-state index is 0.0997. The van der Waals surface area contributed by atoms with Crippen LogP contribution < -0.4 is 5.32 Å². The van der Waals surface area contributed by atoms with E-state index in [1.165, 1.54) is 23.1 Å². The maximum atomic E-state index is 11.2. The summed E-state index contributed by atoms with van der Waals surface area (Å²) in [5.41, 5.74) is 1.67. The largest absolute Gasteiger partial charge is 0.353 e. The molecule has 1 fully saturated rings. The van der Waals surface area contributed by atoms with Crippen molar-refractivity contribution in [3.8, 4) is 0 Å². The fraction of sp³-hybridized carbons (Fsp3) is 0.571. The van der Waals surface area contributed by atoms with Crippen LogP contribution in [0.1, 0.15) is 12.8 Å². The fourth-order valence-electron chi connectivity index (χ4n) is 0.850. The van der Waals surface area contributed by atoms with Crippen molar-refractivity contribution in [3.05, 3.63) is 5.51 Å². The Hall–Kier alpha value is -0.620. The molecule has 1 aromatic rings. The zero-order valence-electron chi connectivity index (χ0n) is 6.90. The number of hydrogen-bond donors (Lipinski definition) is 1. The molecule has 0 aromatic carbocycles. The summed E-state index contributed by atoms with van der Waals surface area (Å²) in [6, 6.07) is 0.447. The van der Waals surface area contributed by atoms with Gasteiger partial charge in [0.05, 0.1) is 5.75 Å². The summed E-state index contributed by atoms with van der Waals surface area (Å²) in [7, 11) is 0. The topological polar surface area (TPSA) is 54.9 Å². The molecule has 0 spiro atoms. The predicted octanol–water partition coefficient (Wildman–Crippen LogP) is 0.909. The van der Waals surface area contributed by atoms with Gasteiger partial charge in [0.25, 0.3) is 0 Å². The van der Waals surface area contributed by atoms with Crippen molar-refractivity contribution in [2.45, 2.75) is 23.2 Å². The van der Waals surface area contributed by atoms with Crippen LogP contribution in [0.3, 0.4) is 0 Å². The average molecular weight is 215 g/mol. The molecule has 0 radical (unpaired) electrons. The zero-order valence-corrected chi connectivity index (χ0v) is 8.53. The quantitative estimate of drug-likeness (QED) is 0.758. The normalized spacial score (nSPS) is 15.7. The predicted molar refractivity (Wildman–Crippen MR) is 51.8 cm³/mol. The van der Waals surface area contributed by atoms with Gasteiger partial charge in [-0.05, 0) is 12.8 Å². The first-order chi connectivity index (χ1) is 6.34. The van der Waals surface area contributed by atoms with Crippen LogP contribution in [0.4, 0.5) is 0 Å². The second-order valence-corrected chi connectivity index (χ2v) is 4.89. The molecule has 1 N–H and O–H groups in total. The minimum Gasteiger partial charge on any atom is -0.353 e. The van der Waals surface area contributed by atoms with E-state index in [1.807, 2.05) is 0 Å². The second kappa shape index (κ2) is 4.06. The number of nitrogens with zero attached hydrogens (tertiary/aromatic N) is 2. The van der Waals surface area contributed by atoms with Crippen molar-refractivity contribution < 1.29 is 4.79 Å². The van der Waals surface area contributed by atoms with Crippen molar-refractivity contribution in [1.29, 1.82) is 0 Å². The van der Waals surface area contributed by atoms with Gasteiger partial charge >= 0.3 is 0 Å². The first-order valence-electron chi connectivity index (χ1n) is 4.03. The number of nitrogens with one attached hydrogen (secondary N) is 1. The second-order valence-electron chi connectivity index (χ2n) is 2.84. The molecule has 1 aromatic heterocycles. The van der Waals surface area contributed by atoms with E-state index in [2.05, 4.69) is 15.5 Å². The summed E-state index contributed by atoms with van der Waals surface area (Å²) in [6.45, 7) is 0. The molecule has 1 amide bonds. The van der Waals surface area contributed by atoms with Crippen LogP contribution in [-0.2, 0) is 4.79 Å². The van der Waals surface area contributed by atoms with Crippen LogP contribution in [-0.4, -0.2) is 27.9 Å². The Morgan fingerprint density at radius 1 is 1.77 bits per heavy atom. The summed E-state index contributed by atoms with van der Waals surface area (Å²) in [4.78, 5) is 11.2. The van der Waals surface area contributed by atoms with Crippen molar-refractivity contribution in [3.63, 3.8) is 0 Å². The van der Waals surface area contributed by atoms with Crippen LogP contribution >= 0.6 is 23.1 Å². The van der Waals surface area contributed by atoms with Gasteiger partial charge in [-0.15, -0.1) is 10.2 Å². The number of thioether (sulfide) groups is 1. The first kappa shape index (κ1) is 8.96. The van der Waals surface area contributed by atoms with Gasteiger partial charge < -0.3 is 5.32 Å². The molecule has 70 valence electrons. The van der Waals surface area contributed by atoms with Crippen LogP contribution in [0.2, 0.25) is 0 Å². The highest BCUT2D eigenvalue weighted by molar-refractivity contribution is 8.01. The number of aromatic nitrogens is 2. The van der Waals surface area contributed by atoms with E-state index in [9.17, 15) is 4.79 Å². The van der Waals surface area contributed by atoms with Crippen LogP contribution in [0.25, 0.3) is 0 Å². The molecule has 0 bridgehead atoms. The van der Waals surface area contributed by atoms with E-state index < -0.39 is 0 Å². The molecule has 0 unspecified atom stereocenters. The van der Waals surface area contributed by atoms with E-state index in [4.69, 9.17) is 0 Å². The van der Waals surface area contributed by atoms with E-state index in [0.29, 0.717) is 11.8 Å². The average Bonchev–Trinajstić information content (AvgIpc) is 2.78. The standard InChI is InChI=1S/C7H9N3OS2/c11-6(9-5-1-2-5)3-12-7-10-8-4-13-7/h4-5H,1-3H2,(H,9,11). The molecule has 1 saturated carbocycles. The molecule has 0 saturated heterocycles. The van der Waals surface area contributed by atoms with Crippen LogP contribution in [0.15, 0.2) is 9.85 Å². The Bertz CT molecular complexity index is 284. The highest BCUT2D eigenvalue weighted by atomic mass is 32.2. The molecule has 0 aliphatic heterocycles. The third-order valence-corrected chi connectivity index (χ3v) is 3.47. The van der Waals surface area contributed by atoms with Crippen molar-refractivity contribution in [1.82, 2.24) is 15.5 Å². The van der Waals surface area contributed by atoms with Crippen LogP contribution in [0, 0.1) is 0 Å². The van der Waals surface area contributed by atoms with Crippen LogP contribution in [0.5, 0.6) is 0 Å². The van der Waals surface area contributed by atoms with E-state index in [1.54, 1.807) is 5.51 Å². The Morgan fingerprint density at radius 3 is 3.23 bits per heavy atom. The van der Waals surface area contributed by atoms with E-state index in [-0.39, 0.29) is 5.91 Å². The SMILES string of the molecule is O=C(CSc1nncs1)NC1CC1. The van der Waals surface area contributed by atoms with Gasteiger partial charge in [-0.1, -0.05) is 23.1 Å². The minimum absolute atomic E-state index is 0.0997. The first-order valence-corrected chi connectivity index (χ1v) is 5.89. The molecule has 1 aliphatic rings. The molecule has 1 aliphatic carbocycles. The maximum Gasteiger partial charge on any atom is 0.230 e. The number of carbonyl (C=O) groups is 1. The molecule has 0 atom stereocenters. The van der Waals surface area contributed by atoms with E-state index >= 15 is 0 Å². The van der Waals surface area contributed by atoms with Gasteiger partial charge in [0, 0.05) is 6.04 Å². The molecule has 1 heterocycles. The fourth-order valence-corrected chi connectivity index (χ4v) is 2.15. The summed E-state index contributed by atoms with van der Waals surface area (Å²) in [5.74, 6) is 0.550. The molecule has 2 rings (SSSR count). The summed E-state index contributed by atoms with van der Waals surface area (Å²) >= 11 is 2.90. The van der Waals surface area contributed by atoms with Gasteiger partial charge in [0.1, 0.15) is 5.51 Å². The summed E-state index contributed by atoms with van der Waals surface area (Å²) in [5, 5.41) is 10.4. The summed E-state index contributed by atoms with van der Waals surface area (Å²) < 4.78 is 0.853. The van der Waals surface area contributed by atoms with Gasteiger partial charge in [-0.2, -0.15) is 0 Å². The molecular weight excluding hydrogens is 206 g/mol. The third-order valence-electron chi connectivity index (χ3n) is 1.61. The number of rotatable bonds is 4. The van der Waals surface area contributed by atoms with Crippen molar-refractivity contribution >= 4 is 29.0 Å². The van der Waals surface area contributed by atoms with Crippen molar-refractivity contribution in [2.75, 3.05) is 5.75 Å². The van der Waals surface area contributed by atoms with Gasteiger partial charge in [0.2, 0.25) is 5.91 Å². The maximum absolute atomic E-state index is 11.2. The highest BCUT2D eigenvalue weighted by Gasteiger charge is 2.23. The molecule has 6 heteroatoms. The number of amides is 1. The van der Waals surface area contributed by atoms with E-state index in [0.717, 1.165) is 17.2 Å². The Balaban J connectivity index is 1.69. The lowest BCUT2D eigenvalue weighted by molar-refractivity contribution is -0.118. The lowest BCUT2D eigenvalue weighted by atomic mass is 10.6. The number of hydrogen-bond acceptors (Lipinski definition) is 5. The monoisotopic (exact) mass is 215 g/mol.